The van der Waals surface area contributed by atoms with Crippen molar-refractivity contribution in [1.82, 2.24) is 9.97 Å². The van der Waals surface area contributed by atoms with Crippen LogP contribution in [0.5, 0.6) is 0 Å². The fourth-order valence-electron chi connectivity index (χ4n) is 2.48. The highest BCUT2D eigenvalue weighted by Crippen LogP contribution is 2.32. The number of benzene rings is 2. The molecule has 0 saturated heterocycles. The Labute approximate surface area is 133 Å². The van der Waals surface area contributed by atoms with Crippen molar-refractivity contribution in [3.05, 3.63) is 57.7 Å². The summed E-state index contributed by atoms with van der Waals surface area (Å²) in [7, 11) is 0. The second-order valence-electron chi connectivity index (χ2n) is 4.94. The molecule has 0 spiro atoms. The molecule has 0 radical (unpaired) electrons. The second-order valence-corrected chi connectivity index (χ2v) is 5.70. The van der Waals surface area contributed by atoms with Crippen LogP contribution < -0.4 is 0 Å². The highest BCUT2D eigenvalue weighted by molar-refractivity contribution is 6.38. The van der Waals surface area contributed by atoms with Gasteiger partial charge in [-0.3, -0.25) is 0 Å². The van der Waals surface area contributed by atoms with E-state index in [-0.39, 0.29) is 0 Å². The second kappa shape index (κ2) is 5.63. The Bertz CT molecular complexity index is 828. The average molecular weight is 317 g/mol. The van der Waals surface area contributed by atoms with Crippen LogP contribution in [-0.2, 0) is 6.42 Å². The molecule has 2 aromatic carbocycles. The largest absolute Gasteiger partial charge is 0.226 e. The van der Waals surface area contributed by atoms with Crippen LogP contribution in [0.1, 0.15) is 18.1 Å². The number of hydrogen-bond acceptors (Lipinski definition) is 2. The van der Waals surface area contributed by atoms with E-state index in [9.17, 15) is 0 Å². The molecular weight excluding hydrogens is 303 g/mol. The molecule has 0 atom stereocenters. The van der Waals surface area contributed by atoms with Crippen LogP contribution in [0.25, 0.3) is 22.3 Å². The summed E-state index contributed by atoms with van der Waals surface area (Å²) in [6.45, 7) is 4.09. The monoisotopic (exact) mass is 316 g/mol. The molecule has 0 amide bonds. The Balaban J connectivity index is 2.33. The molecule has 106 valence electrons. The van der Waals surface area contributed by atoms with E-state index in [0.29, 0.717) is 21.5 Å². The van der Waals surface area contributed by atoms with Gasteiger partial charge in [-0.1, -0.05) is 60.5 Å². The number of aryl methyl sites for hydroxylation is 2. The molecular formula is C17H14Cl2N2. The van der Waals surface area contributed by atoms with E-state index >= 15 is 0 Å². The molecule has 1 heterocycles. The molecule has 0 bridgehead atoms. The van der Waals surface area contributed by atoms with Crippen LogP contribution in [0.15, 0.2) is 36.4 Å². The van der Waals surface area contributed by atoms with Crippen LogP contribution in [-0.4, -0.2) is 9.97 Å². The molecule has 21 heavy (non-hydrogen) atoms. The maximum Gasteiger partial charge on any atom is 0.161 e. The van der Waals surface area contributed by atoms with Gasteiger partial charge in [0.15, 0.2) is 5.82 Å². The Morgan fingerprint density at radius 1 is 1.00 bits per heavy atom. The number of halogens is 2. The fraction of sp³-hybridized carbons (Fsp3) is 0.176. The van der Waals surface area contributed by atoms with E-state index in [0.717, 1.165) is 22.9 Å². The molecule has 0 N–H and O–H groups in total. The van der Waals surface area contributed by atoms with Crippen molar-refractivity contribution in [1.29, 1.82) is 0 Å². The van der Waals surface area contributed by atoms with E-state index in [2.05, 4.69) is 23.0 Å². The summed E-state index contributed by atoms with van der Waals surface area (Å²) in [5.74, 6) is 0.623. The SMILES string of the molecule is CCc1ccccc1-c1nc(Cl)c2c(C)ccc(Cl)c2n1. The first-order valence-electron chi connectivity index (χ1n) is 6.82. The normalized spacial score (nSPS) is 11.0. The molecule has 3 aromatic rings. The number of nitrogens with zero attached hydrogens (tertiary/aromatic N) is 2. The van der Waals surface area contributed by atoms with Crippen LogP contribution >= 0.6 is 23.2 Å². The van der Waals surface area contributed by atoms with E-state index in [4.69, 9.17) is 23.2 Å². The number of fused-ring (bicyclic) bond motifs is 1. The Morgan fingerprint density at radius 2 is 1.76 bits per heavy atom. The smallest absolute Gasteiger partial charge is 0.161 e. The lowest BCUT2D eigenvalue weighted by Gasteiger charge is -2.10. The first-order chi connectivity index (χ1) is 10.1. The third-order valence-electron chi connectivity index (χ3n) is 3.60. The maximum atomic E-state index is 6.38. The van der Waals surface area contributed by atoms with Gasteiger partial charge in [0.1, 0.15) is 5.15 Å². The lowest BCUT2D eigenvalue weighted by Crippen LogP contribution is -1.97. The topological polar surface area (TPSA) is 25.8 Å². The van der Waals surface area contributed by atoms with E-state index in [1.807, 2.05) is 37.3 Å². The van der Waals surface area contributed by atoms with Gasteiger partial charge in [0, 0.05) is 10.9 Å². The van der Waals surface area contributed by atoms with Gasteiger partial charge in [-0.05, 0) is 30.5 Å². The predicted molar refractivity (Wildman–Crippen MR) is 89.1 cm³/mol. The summed E-state index contributed by atoms with van der Waals surface area (Å²) < 4.78 is 0. The molecule has 0 saturated carbocycles. The predicted octanol–water partition coefficient (Wildman–Crippen LogP) is 5.47. The minimum absolute atomic E-state index is 0.445. The quantitative estimate of drug-likeness (QED) is 0.585. The summed E-state index contributed by atoms with van der Waals surface area (Å²) in [5, 5.41) is 1.86. The lowest BCUT2D eigenvalue weighted by atomic mass is 10.0. The van der Waals surface area contributed by atoms with Gasteiger partial charge in [-0.15, -0.1) is 0 Å². The first-order valence-corrected chi connectivity index (χ1v) is 7.58. The van der Waals surface area contributed by atoms with Crippen LogP contribution in [0.2, 0.25) is 10.2 Å². The highest BCUT2D eigenvalue weighted by Gasteiger charge is 2.14. The lowest BCUT2D eigenvalue weighted by molar-refractivity contribution is 1.12. The average Bonchev–Trinajstić information content (AvgIpc) is 2.50. The number of aromatic nitrogens is 2. The molecule has 3 rings (SSSR count). The fourth-order valence-corrected chi connectivity index (χ4v) is 3.00. The van der Waals surface area contributed by atoms with E-state index < -0.39 is 0 Å². The molecule has 1 aromatic heterocycles. The van der Waals surface area contributed by atoms with Gasteiger partial charge in [-0.25, -0.2) is 9.97 Å². The summed E-state index contributed by atoms with van der Waals surface area (Å²) in [4.78, 5) is 9.13. The zero-order valence-corrected chi connectivity index (χ0v) is 13.3. The molecule has 0 fully saturated rings. The summed E-state index contributed by atoms with van der Waals surface area (Å²) in [5.41, 5.74) is 3.92. The maximum absolute atomic E-state index is 6.38. The van der Waals surface area contributed by atoms with E-state index in [1.54, 1.807) is 0 Å². The van der Waals surface area contributed by atoms with Gasteiger partial charge < -0.3 is 0 Å². The van der Waals surface area contributed by atoms with Crippen molar-refractivity contribution in [3.8, 4) is 11.4 Å². The molecule has 4 heteroatoms. The van der Waals surface area contributed by atoms with Crippen molar-refractivity contribution < 1.29 is 0 Å². The number of rotatable bonds is 2. The summed E-state index contributed by atoms with van der Waals surface area (Å²) in [6.07, 6.45) is 0.913. The molecule has 0 aliphatic carbocycles. The Kier molecular flexibility index (Phi) is 3.83. The van der Waals surface area contributed by atoms with Gasteiger partial charge in [0.25, 0.3) is 0 Å². The molecule has 0 unspecified atom stereocenters. The zero-order chi connectivity index (χ0) is 15.0. The molecule has 2 nitrogen and oxygen atoms in total. The van der Waals surface area contributed by atoms with Crippen molar-refractivity contribution >= 4 is 34.1 Å². The van der Waals surface area contributed by atoms with E-state index in [1.165, 1.54) is 5.56 Å². The zero-order valence-electron chi connectivity index (χ0n) is 11.8. The number of hydrogen-bond donors (Lipinski definition) is 0. The third kappa shape index (κ3) is 2.50. The van der Waals surface area contributed by atoms with Crippen LogP contribution in [0, 0.1) is 6.92 Å². The van der Waals surface area contributed by atoms with Gasteiger partial charge in [0.2, 0.25) is 0 Å². The minimum atomic E-state index is 0.445. The van der Waals surface area contributed by atoms with Crippen molar-refractivity contribution in [2.75, 3.05) is 0 Å². The van der Waals surface area contributed by atoms with Crippen molar-refractivity contribution in [3.63, 3.8) is 0 Å². The van der Waals surface area contributed by atoms with Gasteiger partial charge in [-0.2, -0.15) is 0 Å². The standard InChI is InChI=1S/C17H14Cl2N2/c1-3-11-6-4-5-7-12(11)17-20-15-13(18)9-8-10(2)14(15)16(19)21-17/h4-9H,3H2,1-2H3. The van der Waals surface area contributed by atoms with Crippen LogP contribution in [0.4, 0.5) is 0 Å². The Morgan fingerprint density at radius 3 is 2.52 bits per heavy atom. The van der Waals surface area contributed by atoms with Crippen LogP contribution in [0.3, 0.4) is 0 Å². The van der Waals surface area contributed by atoms with Crippen molar-refractivity contribution in [2.45, 2.75) is 20.3 Å². The summed E-state index contributed by atoms with van der Waals surface area (Å²) >= 11 is 12.7. The Hall–Kier alpha value is -1.64. The first kappa shape index (κ1) is 14.3. The summed E-state index contributed by atoms with van der Waals surface area (Å²) in [6, 6.07) is 11.9. The van der Waals surface area contributed by atoms with Gasteiger partial charge >= 0.3 is 0 Å². The molecule has 0 aliphatic heterocycles. The molecule has 0 aliphatic rings. The third-order valence-corrected chi connectivity index (χ3v) is 4.18. The highest BCUT2D eigenvalue weighted by atomic mass is 35.5. The van der Waals surface area contributed by atoms with Crippen molar-refractivity contribution in [2.24, 2.45) is 0 Å². The minimum Gasteiger partial charge on any atom is -0.226 e. The van der Waals surface area contributed by atoms with Gasteiger partial charge in [0.05, 0.1) is 10.5 Å².